The van der Waals surface area contributed by atoms with Crippen molar-refractivity contribution in [2.24, 2.45) is 13.0 Å². The van der Waals surface area contributed by atoms with Gasteiger partial charge in [-0.2, -0.15) is 0 Å². The van der Waals surface area contributed by atoms with E-state index in [-0.39, 0.29) is 34.6 Å². The first kappa shape index (κ1) is 33.5. The molecule has 1 fully saturated rings. The Labute approximate surface area is 285 Å². The van der Waals surface area contributed by atoms with E-state index in [4.69, 9.17) is 26.8 Å². The number of carbonyl (C=O) groups is 2. The van der Waals surface area contributed by atoms with Crippen molar-refractivity contribution in [2.45, 2.75) is 45.9 Å². The van der Waals surface area contributed by atoms with Gasteiger partial charge in [-0.3, -0.25) is 4.79 Å². The standard InChI is InChI=1S/C35H32ClF2N7O4/c1-17-10-11-40-34(43-17)48-26-9-6-18(12-25(26)38)28-29-31(39)41-16-42-32(29)45(5)30(28)20-8-7-19(13-23(20)36)44-33(47)22(21-14-24(21)37)15-27(46)49-35(2,3)4/h6-13,15-16,21,24H,14H2,1-5H3,(H,44,47)(H2,39,41,42)/t21-,24-/m0/s1. The number of hydrogen-bond donors (Lipinski definition) is 2. The Hall–Kier alpha value is -5.43. The molecule has 0 radical (unpaired) electrons. The number of amides is 1. The van der Waals surface area contributed by atoms with Gasteiger partial charge in [0.15, 0.2) is 11.6 Å². The van der Waals surface area contributed by atoms with E-state index in [1.165, 1.54) is 30.7 Å². The Bertz CT molecular complexity index is 2160. The molecule has 1 saturated carbocycles. The minimum atomic E-state index is -1.23. The van der Waals surface area contributed by atoms with Crippen molar-refractivity contribution in [3.05, 3.63) is 83.2 Å². The summed E-state index contributed by atoms with van der Waals surface area (Å²) in [5.41, 5.74) is 8.99. The van der Waals surface area contributed by atoms with E-state index in [0.717, 1.165) is 6.08 Å². The van der Waals surface area contributed by atoms with Gasteiger partial charge in [-0.1, -0.05) is 17.7 Å². The van der Waals surface area contributed by atoms with Crippen molar-refractivity contribution in [1.29, 1.82) is 0 Å². The molecule has 0 spiro atoms. The fraction of sp³-hybridized carbons (Fsp3) is 0.257. The van der Waals surface area contributed by atoms with E-state index >= 15 is 4.39 Å². The van der Waals surface area contributed by atoms with Crippen molar-refractivity contribution < 1.29 is 27.8 Å². The molecule has 11 nitrogen and oxygen atoms in total. The summed E-state index contributed by atoms with van der Waals surface area (Å²) in [4.78, 5) is 42.5. The molecule has 2 aromatic carbocycles. The van der Waals surface area contributed by atoms with Gasteiger partial charge in [-0.05, 0) is 76.1 Å². The SMILES string of the molecule is Cc1ccnc(Oc2ccc(-c3c(-c4ccc(NC(=O)C(=CC(=O)OC(C)(C)C)[C@@H]5C[C@@H]5F)cc4Cl)n(C)c4ncnc(N)c34)cc2F)n1. The average molecular weight is 688 g/mol. The van der Waals surface area contributed by atoms with Gasteiger partial charge in [0, 0.05) is 53.3 Å². The number of hydrogen-bond acceptors (Lipinski definition) is 9. The van der Waals surface area contributed by atoms with Gasteiger partial charge in [-0.15, -0.1) is 0 Å². The lowest BCUT2D eigenvalue weighted by molar-refractivity contribution is -0.148. The molecule has 2 atom stereocenters. The number of nitrogens with two attached hydrogens (primary N) is 1. The molecule has 5 aromatic rings. The molecule has 49 heavy (non-hydrogen) atoms. The van der Waals surface area contributed by atoms with Gasteiger partial charge in [0.25, 0.3) is 5.91 Å². The van der Waals surface area contributed by atoms with Crippen LogP contribution >= 0.6 is 11.6 Å². The zero-order chi connectivity index (χ0) is 35.2. The van der Waals surface area contributed by atoms with Crippen LogP contribution in [0.5, 0.6) is 11.8 Å². The average Bonchev–Trinajstić information content (AvgIpc) is 3.66. The Kier molecular flexibility index (Phi) is 8.80. The quantitative estimate of drug-likeness (QED) is 0.128. The number of fused-ring (bicyclic) bond motifs is 1. The topological polar surface area (TPSA) is 147 Å². The van der Waals surface area contributed by atoms with Crippen LogP contribution in [0.15, 0.2) is 66.6 Å². The van der Waals surface area contributed by atoms with Gasteiger partial charge in [0.1, 0.15) is 29.6 Å². The number of nitrogens with one attached hydrogen (secondary N) is 1. The van der Waals surface area contributed by atoms with E-state index in [0.29, 0.717) is 44.8 Å². The number of anilines is 2. The highest BCUT2D eigenvalue weighted by molar-refractivity contribution is 6.34. The lowest BCUT2D eigenvalue weighted by atomic mass is 9.98. The molecule has 0 bridgehead atoms. The molecule has 14 heteroatoms. The van der Waals surface area contributed by atoms with Gasteiger partial charge >= 0.3 is 12.0 Å². The van der Waals surface area contributed by atoms with Crippen LogP contribution in [0.3, 0.4) is 0 Å². The smallest absolute Gasteiger partial charge is 0.331 e. The third kappa shape index (κ3) is 7.07. The van der Waals surface area contributed by atoms with Crippen molar-refractivity contribution in [1.82, 2.24) is 24.5 Å². The van der Waals surface area contributed by atoms with E-state index in [1.54, 1.807) is 63.6 Å². The summed E-state index contributed by atoms with van der Waals surface area (Å²) >= 11 is 6.85. The second-order valence-electron chi connectivity index (χ2n) is 12.6. The van der Waals surface area contributed by atoms with Gasteiger partial charge in [0.05, 0.1) is 16.1 Å². The zero-order valence-corrected chi connectivity index (χ0v) is 28.0. The molecule has 252 valence electrons. The molecule has 0 saturated heterocycles. The Morgan fingerprint density at radius 1 is 1.12 bits per heavy atom. The molecule has 1 aliphatic carbocycles. The highest BCUT2D eigenvalue weighted by Crippen LogP contribution is 2.45. The molecule has 1 aliphatic rings. The highest BCUT2D eigenvalue weighted by atomic mass is 35.5. The van der Waals surface area contributed by atoms with Crippen molar-refractivity contribution in [3.63, 3.8) is 0 Å². The first-order chi connectivity index (χ1) is 23.2. The van der Waals surface area contributed by atoms with E-state index in [2.05, 4.69) is 25.3 Å². The van der Waals surface area contributed by atoms with Gasteiger partial charge in [-0.25, -0.2) is 33.5 Å². The normalized spacial score (nSPS) is 16.0. The monoisotopic (exact) mass is 687 g/mol. The van der Waals surface area contributed by atoms with E-state index in [9.17, 15) is 14.0 Å². The number of nitrogens with zero attached hydrogens (tertiary/aromatic N) is 5. The summed E-state index contributed by atoms with van der Waals surface area (Å²) < 4.78 is 42.3. The van der Waals surface area contributed by atoms with E-state index < -0.39 is 35.4 Å². The minimum absolute atomic E-state index is 0.00296. The second-order valence-corrected chi connectivity index (χ2v) is 13.0. The number of halogens is 3. The maximum atomic E-state index is 15.6. The molecule has 0 aliphatic heterocycles. The van der Waals surface area contributed by atoms with Crippen LogP contribution in [-0.4, -0.2) is 48.2 Å². The third-order valence-electron chi connectivity index (χ3n) is 7.73. The minimum Gasteiger partial charge on any atom is -0.457 e. The Morgan fingerprint density at radius 2 is 1.88 bits per heavy atom. The number of benzene rings is 2. The molecule has 0 unspecified atom stereocenters. The molecular formula is C35H32ClF2N7O4. The first-order valence-electron chi connectivity index (χ1n) is 15.3. The van der Waals surface area contributed by atoms with Crippen LogP contribution in [0.1, 0.15) is 32.9 Å². The van der Waals surface area contributed by atoms with Gasteiger partial charge in [0.2, 0.25) is 0 Å². The van der Waals surface area contributed by atoms with Gasteiger partial charge < -0.3 is 25.1 Å². The van der Waals surface area contributed by atoms with Crippen molar-refractivity contribution in [3.8, 4) is 34.1 Å². The maximum Gasteiger partial charge on any atom is 0.331 e. The predicted molar refractivity (Wildman–Crippen MR) is 181 cm³/mol. The number of nitrogen functional groups attached to an aromatic ring is 1. The largest absolute Gasteiger partial charge is 0.457 e. The lowest BCUT2D eigenvalue weighted by Gasteiger charge is -2.18. The predicted octanol–water partition coefficient (Wildman–Crippen LogP) is 7.13. The highest BCUT2D eigenvalue weighted by Gasteiger charge is 2.43. The van der Waals surface area contributed by atoms with Crippen LogP contribution in [-0.2, 0) is 21.4 Å². The summed E-state index contributed by atoms with van der Waals surface area (Å²) in [5.74, 6) is -2.69. The van der Waals surface area contributed by atoms with Crippen LogP contribution < -0.4 is 15.8 Å². The van der Waals surface area contributed by atoms with Crippen molar-refractivity contribution >= 4 is 46.0 Å². The number of aryl methyl sites for hydroxylation is 2. The lowest BCUT2D eigenvalue weighted by Crippen LogP contribution is -2.24. The second kappa shape index (κ2) is 12.9. The summed E-state index contributed by atoms with van der Waals surface area (Å²) in [5, 5.41) is 3.42. The molecule has 1 amide bonds. The van der Waals surface area contributed by atoms with Crippen LogP contribution in [0.2, 0.25) is 5.02 Å². The summed E-state index contributed by atoms with van der Waals surface area (Å²) in [7, 11) is 1.76. The summed E-state index contributed by atoms with van der Waals surface area (Å²) in [6.07, 6.45) is 2.78. The third-order valence-corrected chi connectivity index (χ3v) is 8.04. The van der Waals surface area contributed by atoms with Crippen LogP contribution in [0.4, 0.5) is 20.3 Å². The summed E-state index contributed by atoms with van der Waals surface area (Å²) in [6.45, 7) is 6.85. The maximum absolute atomic E-state index is 15.6. The molecule has 3 heterocycles. The fourth-order valence-corrected chi connectivity index (χ4v) is 5.73. The number of alkyl halides is 1. The van der Waals surface area contributed by atoms with Crippen LogP contribution in [0.25, 0.3) is 33.4 Å². The number of ether oxygens (including phenoxy) is 2. The number of rotatable bonds is 8. The van der Waals surface area contributed by atoms with E-state index in [1.807, 2.05) is 0 Å². The summed E-state index contributed by atoms with van der Waals surface area (Å²) in [6, 6.07) is 10.9. The van der Waals surface area contributed by atoms with Crippen LogP contribution in [0, 0.1) is 18.7 Å². The Balaban J connectivity index is 1.36. The number of aromatic nitrogens is 5. The first-order valence-corrected chi connectivity index (χ1v) is 15.6. The number of carbonyl (C=O) groups excluding carboxylic acids is 2. The molecule has 3 aromatic heterocycles. The molecule has 3 N–H and O–H groups in total. The number of esters is 1. The fourth-order valence-electron chi connectivity index (χ4n) is 5.46. The van der Waals surface area contributed by atoms with Crippen molar-refractivity contribution in [2.75, 3.05) is 11.1 Å². The zero-order valence-electron chi connectivity index (χ0n) is 27.2. The molecule has 6 rings (SSSR count). The Morgan fingerprint density at radius 3 is 2.53 bits per heavy atom. The molecular weight excluding hydrogens is 656 g/mol.